The van der Waals surface area contributed by atoms with Gasteiger partial charge in [0, 0.05) is 38.0 Å². The fourth-order valence-electron chi connectivity index (χ4n) is 9.29. The van der Waals surface area contributed by atoms with Crippen LogP contribution in [0.2, 0.25) is 0 Å². The molecule has 3 heterocycles. The Hall–Kier alpha value is -6.84. The van der Waals surface area contributed by atoms with Crippen molar-refractivity contribution in [1.82, 2.24) is 4.57 Å². The first kappa shape index (κ1) is 33.5. The van der Waals surface area contributed by atoms with Crippen molar-refractivity contribution in [3.8, 4) is 39.1 Å². The van der Waals surface area contributed by atoms with E-state index < -0.39 is 0 Å². The van der Waals surface area contributed by atoms with Crippen LogP contribution in [0.3, 0.4) is 0 Å². The minimum atomic E-state index is 0.300. The lowest BCUT2D eigenvalue weighted by Gasteiger charge is -2.22. The van der Waals surface area contributed by atoms with Gasteiger partial charge in [0.1, 0.15) is 22.3 Å². The first-order valence-corrected chi connectivity index (χ1v) is 20.1. The van der Waals surface area contributed by atoms with Gasteiger partial charge < -0.3 is 13.4 Å². The maximum Gasteiger partial charge on any atom is 0.136 e. The first-order chi connectivity index (χ1) is 27.9. The van der Waals surface area contributed by atoms with E-state index in [0.29, 0.717) is 11.8 Å². The third kappa shape index (κ3) is 5.26. The molecule has 3 heteroatoms. The summed E-state index contributed by atoms with van der Waals surface area (Å²) in [4.78, 5) is 0. The molecule has 0 radical (unpaired) electrons. The van der Waals surface area contributed by atoms with Gasteiger partial charge in [-0.05, 0) is 123 Å². The van der Waals surface area contributed by atoms with E-state index in [1.165, 1.54) is 71.5 Å². The molecule has 3 nitrogen and oxygen atoms in total. The minimum Gasteiger partial charge on any atom is -0.456 e. The predicted molar refractivity (Wildman–Crippen MR) is 240 cm³/mol. The molecule has 0 atom stereocenters. The number of fused-ring (bicyclic) bond motifs is 9. The third-order valence-electron chi connectivity index (χ3n) is 11.9. The number of hydrogen-bond acceptors (Lipinski definition) is 2. The second-order valence-corrected chi connectivity index (χ2v) is 16.1. The predicted octanol–water partition coefficient (Wildman–Crippen LogP) is 15.8. The molecule has 0 saturated heterocycles. The highest BCUT2D eigenvalue weighted by Crippen LogP contribution is 2.46. The van der Waals surface area contributed by atoms with Gasteiger partial charge in [0.25, 0.3) is 0 Å². The molecule has 57 heavy (non-hydrogen) atoms. The molecule has 0 saturated carbocycles. The summed E-state index contributed by atoms with van der Waals surface area (Å²) in [5.41, 5.74) is 17.2. The van der Waals surface area contributed by atoms with Crippen LogP contribution >= 0.6 is 0 Å². The van der Waals surface area contributed by atoms with E-state index in [0.717, 1.165) is 44.4 Å². The highest BCUT2D eigenvalue weighted by molar-refractivity contribution is 6.12. The summed E-state index contributed by atoms with van der Waals surface area (Å²) in [5, 5.41) is 7.11. The second kappa shape index (κ2) is 12.9. The van der Waals surface area contributed by atoms with E-state index in [1.807, 2.05) is 0 Å². The van der Waals surface area contributed by atoms with Crippen molar-refractivity contribution in [3.05, 3.63) is 175 Å². The van der Waals surface area contributed by atoms with Gasteiger partial charge in [0.2, 0.25) is 0 Å². The van der Waals surface area contributed by atoms with Gasteiger partial charge in [-0.3, -0.25) is 0 Å². The molecular weight excluding hydrogens is 695 g/mol. The first-order valence-electron chi connectivity index (χ1n) is 20.1. The molecule has 11 rings (SSSR count). The van der Waals surface area contributed by atoms with Crippen molar-refractivity contribution < 1.29 is 8.83 Å². The Morgan fingerprint density at radius 2 is 0.982 bits per heavy atom. The number of benzene rings is 8. The normalized spacial score (nSPS) is 12.2. The van der Waals surface area contributed by atoms with E-state index in [2.05, 4.69) is 196 Å². The molecule has 3 aromatic heterocycles. The molecule has 0 amide bonds. The summed E-state index contributed by atoms with van der Waals surface area (Å²) < 4.78 is 15.3. The van der Waals surface area contributed by atoms with Crippen LogP contribution in [0.4, 0.5) is 0 Å². The Bertz CT molecular complexity index is 3350. The highest BCUT2D eigenvalue weighted by Gasteiger charge is 2.24. The number of nitrogens with zero attached hydrogens (tertiary/aromatic N) is 1. The summed E-state index contributed by atoms with van der Waals surface area (Å²) in [5.74, 6) is 0.621. The monoisotopic (exact) mass is 735 g/mol. The molecule has 0 fully saturated rings. The Morgan fingerprint density at radius 3 is 1.81 bits per heavy atom. The Balaban J connectivity index is 1.06. The van der Waals surface area contributed by atoms with Gasteiger partial charge in [0.15, 0.2) is 0 Å². The summed E-state index contributed by atoms with van der Waals surface area (Å²) in [7, 11) is 0. The van der Waals surface area contributed by atoms with Crippen molar-refractivity contribution in [1.29, 1.82) is 0 Å². The van der Waals surface area contributed by atoms with E-state index >= 15 is 0 Å². The molecule has 0 N–H and O–H groups in total. The summed E-state index contributed by atoms with van der Waals surface area (Å²) in [6, 6.07) is 59.2. The number of furan rings is 2. The van der Waals surface area contributed by atoms with Gasteiger partial charge in [0.05, 0.1) is 11.0 Å². The lowest BCUT2D eigenvalue weighted by atomic mass is 9.82. The second-order valence-electron chi connectivity index (χ2n) is 16.1. The van der Waals surface area contributed by atoms with Crippen molar-refractivity contribution in [3.63, 3.8) is 0 Å². The zero-order valence-electron chi connectivity index (χ0n) is 32.5. The number of aromatic nitrogens is 1. The van der Waals surface area contributed by atoms with Gasteiger partial charge in [-0.25, -0.2) is 0 Å². The van der Waals surface area contributed by atoms with E-state index in [-0.39, 0.29) is 0 Å². The Kier molecular flexibility index (Phi) is 7.56. The quantitative estimate of drug-likeness (QED) is 0.170. The van der Waals surface area contributed by atoms with E-state index in [9.17, 15) is 0 Å². The molecule has 0 aliphatic carbocycles. The van der Waals surface area contributed by atoms with Gasteiger partial charge in [-0.15, -0.1) is 0 Å². The van der Waals surface area contributed by atoms with Crippen molar-refractivity contribution in [2.45, 2.75) is 39.5 Å². The molecule has 0 unspecified atom stereocenters. The average molecular weight is 736 g/mol. The number of hydrogen-bond donors (Lipinski definition) is 0. The zero-order valence-corrected chi connectivity index (χ0v) is 32.5. The van der Waals surface area contributed by atoms with Crippen LogP contribution in [-0.2, 0) is 0 Å². The highest BCUT2D eigenvalue weighted by atomic mass is 16.3. The van der Waals surface area contributed by atoms with Crippen LogP contribution in [0.5, 0.6) is 0 Å². The van der Waals surface area contributed by atoms with Crippen molar-refractivity contribution in [2.75, 3.05) is 0 Å². The topological polar surface area (TPSA) is 31.2 Å². The lowest BCUT2D eigenvalue weighted by molar-refractivity contribution is 0.666. The summed E-state index contributed by atoms with van der Waals surface area (Å²) in [6.07, 6.45) is 0. The Labute approximate surface area is 331 Å². The van der Waals surface area contributed by atoms with Crippen LogP contribution in [-0.4, -0.2) is 4.57 Å². The van der Waals surface area contributed by atoms with Crippen LogP contribution in [0.25, 0.3) is 105 Å². The minimum absolute atomic E-state index is 0.300. The van der Waals surface area contributed by atoms with Gasteiger partial charge >= 0.3 is 0 Å². The molecule has 0 spiro atoms. The largest absolute Gasteiger partial charge is 0.456 e. The molecule has 274 valence electrons. The SMILES string of the molecule is CC(C)c1cc2oc3ccccc3c2c(C(C)C)c1-c1cccc(-c2ccc3oc4ccc(-n5c6ccccc6c6cc(-c7ccccc7)ccc65)cc4c3c2)c1. The van der Waals surface area contributed by atoms with Crippen LogP contribution in [0.15, 0.2) is 173 Å². The van der Waals surface area contributed by atoms with Crippen molar-refractivity contribution in [2.24, 2.45) is 0 Å². The molecule has 0 aliphatic heterocycles. The fourth-order valence-corrected chi connectivity index (χ4v) is 9.29. The standard InChI is InChI=1S/C54H41NO2/c1-32(2)42-31-51-54(41-18-9-11-20-48(41)57-51)52(33(3)4)53(42)38-16-12-15-35(27-38)37-22-25-49-44(29-37)45-30-39(23-26-50(45)56-49)55-46-19-10-8-17-40(46)43-28-36(21-24-47(43)55)34-13-6-5-7-14-34/h5-33H,1-4H3. The zero-order chi connectivity index (χ0) is 38.4. The van der Waals surface area contributed by atoms with Crippen LogP contribution in [0.1, 0.15) is 50.7 Å². The lowest BCUT2D eigenvalue weighted by Crippen LogP contribution is -2.01. The van der Waals surface area contributed by atoms with E-state index in [1.54, 1.807) is 0 Å². The van der Waals surface area contributed by atoms with Crippen LogP contribution < -0.4 is 0 Å². The van der Waals surface area contributed by atoms with Gasteiger partial charge in [-0.1, -0.05) is 125 Å². The van der Waals surface area contributed by atoms with Crippen molar-refractivity contribution >= 4 is 65.7 Å². The smallest absolute Gasteiger partial charge is 0.136 e. The maximum absolute atomic E-state index is 6.48. The van der Waals surface area contributed by atoms with Gasteiger partial charge in [-0.2, -0.15) is 0 Å². The van der Waals surface area contributed by atoms with E-state index in [4.69, 9.17) is 8.83 Å². The maximum atomic E-state index is 6.48. The number of para-hydroxylation sites is 2. The molecule has 8 aromatic carbocycles. The summed E-state index contributed by atoms with van der Waals surface area (Å²) >= 11 is 0. The number of rotatable bonds is 6. The fraction of sp³-hybridized carbons (Fsp3) is 0.111. The average Bonchev–Trinajstić information content (AvgIpc) is 3.91. The molecule has 0 aliphatic rings. The third-order valence-corrected chi connectivity index (χ3v) is 11.9. The van der Waals surface area contributed by atoms with Crippen LogP contribution in [0, 0.1) is 0 Å². The summed E-state index contributed by atoms with van der Waals surface area (Å²) in [6.45, 7) is 9.19. The molecule has 0 bridgehead atoms. The molecule has 11 aromatic rings. The Morgan fingerprint density at radius 1 is 0.386 bits per heavy atom. The molecular formula is C54H41NO2.